The van der Waals surface area contributed by atoms with E-state index < -0.39 is 0 Å². The van der Waals surface area contributed by atoms with E-state index in [4.69, 9.17) is 6.42 Å². The Morgan fingerprint density at radius 1 is 0.857 bits per heavy atom. The van der Waals surface area contributed by atoms with Crippen LogP contribution in [0.25, 0.3) is 33.2 Å². The fourth-order valence-electron chi connectivity index (χ4n) is 3.08. The molecule has 28 heavy (non-hydrogen) atoms. The molecule has 2 aromatic carbocycles. The minimum Gasteiger partial charge on any atom is -0.361 e. The lowest BCUT2D eigenvalue weighted by molar-refractivity contribution is 1.18. The molecular weight excluding hydrogens is 346 g/mol. The first-order valence-electron chi connectivity index (χ1n) is 8.85. The molecule has 0 bridgehead atoms. The number of pyridine rings is 1. The SMILES string of the molecule is C#Cc1nc(Nc2ccc3[nH]ccc3c2)c2ccccc2n1.c1cc2nc-2c1. The number of nitrogens with zero attached hydrogens (tertiary/aromatic N) is 3. The summed E-state index contributed by atoms with van der Waals surface area (Å²) in [5, 5.41) is 5.42. The Morgan fingerprint density at radius 3 is 2.46 bits per heavy atom. The van der Waals surface area contributed by atoms with Gasteiger partial charge in [0.05, 0.1) is 16.9 Å². The minimum atomic E-state index is 0.379. The van der Waals surface area contributed by atoms with Crippen LogP contribution in [-0.4, -0.2) is 19.9 Å². The molecule has 0 atom stereocenters. The highest BCUT2D eigenvalue weighted by molar-refractivity contribution is 5.92. The van der Waals surface area contributed by atoms with Crippen molar-refractivity contribution in [2.24, 2.45) is 0 Å². The maximum atomic E-state index is 5.46. The summed E-state index contributed by atoms with van der Waals surface area (Å²) < 4.78 is 0. The molecule has 0 saturated heterocycles. The molecule has 0 spiro atoms. The summed E-state index contributed by atoms with van der Waals surface area (Å²) in [4.78, 5) is 15.9. The van der Waals surface area contributed by atoms with Gasteiger partial charge < -0.3 is 10.3 Å². The molecule has 3 heterocycles. The maximum Gasteiger partial charge on any atom is 0.207 e. The number of rotatable bonds is 2. The number of hydrogen-bond donors (Lipinski definition) is 2. The summed E-state index contributed by atoms with van der Waals surface area (Å²) in [6.45, 7) is 0. The van der Waals surface area contributed by atoms with Gasteiger partial charge in [0.1, 0.15) is 5.82 Å². The zero-order chi connectivity index (χ0) is 18.9. The molecule has 2 aliphatic rings. The number of fused-ring (bicyclic) bond motifs is 3. The summed E-state index contributed by atoms with van der Waals surface area (Å²) in [5.74, 6) is 3.60. The van der Waals surface area contributed by atoms with Crippen LogP contribution in [0.4, 0.5) is 11.5 Å². The topological polar surface area (TPSA) is 66.5 Å². The van der Waals surface area contributed by atoms with E-state index in [1.54, 1.807) is 0 Å². The van der Waals surface area contributed by atoms with Crippen molar-refractivity contribution in [1.82, 2.24) is 19.9 Å². The molecule has 2 N–H and O–H groups in total. The molecule has 0 saturated carbocycles. The lowest BCUT2D eigenvalue weighted by Gasteiger charge is -2.09. The Hall–Kier alpha value is -4.17. The Balaban J connectivity index is 0.000000239. The smallest absolute Gasteiger partial charge is 0.207 e. The third-order valence-electron chi connectivity index (χ3n) is 4.51. The quantitative estimate of drug-likeness (QED) is 0.431. The van der Waals surface area contributed by atoms with Crippen molar-refractivity contribution in [2.45, 2.75) is 0 Å². The molecule has 0 unspecified atom stereocenters. The van der Waals surface area contributed by atoms with E-state index in [-0.39, 0.29) is 0 Å². The Kier molecular flexibility index (Phi) is 3.74. The van der Waals surface area contributed by atoms with Crippen molar-refractivity contribution in [3.05, 3.63) is 78.8 Å². The highest BCUT2D eigenvalue weighted by Crippen LogP contribution is 2.26. The van der Waals surface area contributed by atoms with Crippen LogP contribution in [0.2, 0.25) is 0 Å². The number of anilines is 2. The largest absolute Gasteiger partial charge is 0.361 e. The summed E-state index contributed by atoms with van der Waals surface area (Å²) in [5.41, 5.74) is 5.24. The Morgan fingerprint density at radius 2 is 1.71 bits per heavy atom. The van der Waals surface area contributed by atoms with Gasteiger partial charge in [-0.15, -0.1) is 6.42 Å². The van der Waals surface area contributed by atoms with E-state index in [0.29, 0.717) is 11.6 Å². The molecule has 0 radical (unpaired) electrons. The number of benzene rings is 2. The van der Waals surface area contributed by atoms with Gasteiger partial charge in [-0.25, -0.2) is 15.0 Å². The molecule has 4 aromatic rings. The van der Waals surface area contributed by atoms with E-state index in [9.17, 15) is 0 Å². The van der Waals surface area contributed by atoms with Crippen LogP contribution in [0.15, 0.2) is 72.9 Å². The van der Waals surface area contributed by atoms with Gasteiger partial charge in [0, 0.05) is 28.2 Å². The molecule has 0 fully saturated rings. The molecule has 1 aliphatic heterocycles. The second-order valence-electron chi connectivity index (χ2n) is 6.37. The van der Waals surface area contributed by atoms with Crippen LogP contribution in [0.5, 0.6) is 0 Å². The van der Waals surface area contributed by atoms with E-state index in [1.807, 2.05) is 66.9 Å². The number of H-pyrrole nitrogens is 1. The van der Waals surface area contributed by atoms with Gasteiger partial charge in [0.15, 0.2) is 0 Å². The van der Waals surface area contributed by atoms with Crippen molar-refractivity contribution >= 4 is 33.3 Å². The molecule has 132 valence electrons. The second-order valence-corrected chi connectivity index (χ2v) is 6.37. The molecule has 1 aliphatic carbocycles. The Labute approximate surface area is 161 Å². The monoisotopic (exact) mass is 361 g/mol. The third kappa shape index (κ3) is 3.04. The summed E-state index contributed by atoms with van der Waals surface area (Å²) in [6, 6.07) is 22.0. The van der Waals surface area contributed by atoms with Crippen LogP contribution in [-0.2, 0) is 0 Å². The number of terminal acetylenes is 1. The predicted octanol–water partition coefficient (Wildman–Crippen LogP) is 4.90. The molecule has 2 aromatic heterocycles. The number of hydrogen-bond acceptors (Lipinski definition) is 4. The number of para-hydroxylation sites is 1. The molecule has 6 rings (SSSR count). The molecule has 5 nitrogen and oxygen atoms in total. The first kappa shape index (κ1) is 16.0. The number of aromatic nitrogens is 4. The zero-order valence-corrected chi connectivity index (χ0v) is 14.8. The van der Waals surface area contributed by atoms with E-state index in [1.165, 1.54) is 11.4 Å². The van der Waals surface area contributed by atoms with Crippen LogP contribution in [0, 0.1) is 12.3 Å². The van der Waals surface area contributed by atoms with Crippen molar-refractivity contribution in [3.63, 3.8) is 0 Å². The summed E-state index contributed by atoms with van der Waals surface area (Å²) in [6.07, 6.45) is 7.38. The van der Waals surface area contributed by atoms with E-state index in [2.05, 4.69) is 37.2 Å². The average Bonchev–Trinajstić information content (AvgIpc) is 3.12. The van der Waals surface area contributed by atoms with Gasteiger partial charge in [-0.3, -0.25) is 0 Å². The third-order valence-corrected chi connectivity index (χ3v) is 4.51. The van der Waals surface area contributed by atoms with Gasteiger partial charge in [-0.05, 0) is 54.5 Å². The maximum absolute atomic E-state index is 5.46. The van der Waals surface area contributed by atoms with Gasteiger partial charge >= 0.3 is 0 Å². The first-order chi connectivity index (χ1) is 13.8. The van der Waals surface area contributed by atoms with Crippen molar-refractivity contribution in [1.29, 1.82) is 0 Å². The van der Waals surface area contributed by atoms with E-state index >= 15 is 0 Å². The van der Waals surface area contributed by atoms with Gasteiger partial charge in [0.25, 0.3) is 0 Å². The highest BCUT2D eigenvalue weighted by atomic mass is 15.0. The number of aromatic amines is 1. The highest BCUT2D eigenvalue weighted by Gasteiger charge is 2.10. The van der Waals surface area contributed by atoms with Crippen molar-refractivity contribution in [2.75, 3.05) is 5.32 Å². The van der Waals surface area contributed by atoms with E-state index in [0.717, 1.165) is 27.5 Å². The fraction of sp³-hybridized carbons (Fsp3) is 0. The average molecular weight is 361 g/mol. The normalized spacial score (nSPS) is 10.8. The Bertz CT molecular complexity index is 1340. The van der Waals surface area contributed by atoms with Crippen molar-refractivity contribution in [3.8, 4) is 23.7 Å². The lowest BCUT2D eigenvalue weighted by Crippen LogP contribution is -1.99. The second kappa shape index (κ2) is 6.53. The summed E-state index contributed by atoms with van der Waals surface area (Å²) >= 11 is 0. The minimum absolute atomic E-state index is 0.379. The lowest BCUT2D eigenvalue weighted by atomic mass is 10.2. The van der Waals surface area contributed by atoms with Gasteiger partial charge in [-0.2, -0.15) is 0 Å². The zero-order valence-electron chi connectivity index (χ0n) is 14.8. The standard InChI is InChI=1S/C18H12N4.C5H3N/c1-2-17-21-16-6-4-3-5-14(16)18(22-17)20-13-7-8-15-12(11-13)9-10-19-15;1-2-4-5(3-1)6-4/h1,3-11,19H,(H,20,21,22);1-3H. The predicted molar refractivity (Wildman–Crippen MR) is 112 cm³/mol. The van der Waals surface area contributed by atoms with Crippen molar-refractivity contribution < 1.29 is 0 Å². The number of nitrogens with one attached hydrogen (secondary N) is 2. The molecular formula is C23H15N5. The molecule has 5 heteroatoms. The first-order valence-corrected chi connectivity index (χ1v) is 8.85. The molecule has 0 amide bonds. The van der Waals surface area contributed by atoms with Crippen LogP contribution < -0.4 is 5.32 Å². The van der Waals surface area contributed by atoms with Gasteiger partial charge in [0.2, 0.25) is 5.82 Å². The van der Waals surface area contributed by atoms with Crippen LogP contribution in [0.1, 0.15) is 5.82 Å². The summed E-state index contributed by atoms with van der Waals surface area (Å²) in [7, 11) is 0. The van der Waals surface area contributed by atoms with Crippen LogP contribution >= 0.6 is 0 Å². The van der Waals surface area contributed by atoms with Gasteiger partial charge in [-0.1, -0.05) is 18.2 Å². The van der Waals surface area contributed by atoms with Crippen LogP contribution in [0.3, 0.4) is 0 Å². The fourth-order valence-corrected chi connectivity index (χ4v) is 3.08.